The molecule has 0 amide bonds. The Kier molecular flexibility index (Phi) is 5.46. The molecule has 2 atom stereocenters. The fourth-order valence-electron chi connectivity index (χ4n) is 1.67. The fourth-order valence-corrected chi connectivity index (χ4v) is 2.17. The van der Waals surface area contributed by atoms with Crippen LogP contribution in [-0.4, -0.2) is 44.1 Å². The van der Waals surface area contributed by atoms with Gasteiger partial charge in [0.2, 0.25) is 0 Å². The van der Waals surface area contributed by atoms with Gasteiger partial charge in [-0.25, -0.2) is 14.2 Å². The van der Waals surface area contributed by atoms with E-state index in [0.29, 0.717) is 0 Å². The second-order valence-electron chi connectivity index (χ2n) is 3.97. The van der Waals surface area contributed by atoms with E-state index in [2.05, 4.69) is 4.52 Å². The minimum absolute atomic E-state index is 0.00809. The lowest BCUT2D eigenvalue weighted by molar-refractivity contribution is -0.134. The third kappa shape index (κ3) is 5.98. The van der Waals surface area contributed by atoms with E-state index in [0.717, 1.165) is 18.4 Å². The van der Waals surface area contributed by atoms with Gasteiger partial charge in [0.1, 0.15) is 6.10 Å². The molecule has 10 heteroatoms. The van der Waals surface area contributed by atoms with Crippen molar-refractivity contribution in [3.05, 3.63) is 24.0 Å². The van der Waals surface area contributed by atoms with E-state index in [9.17, 15) is 14.2 Å². The number of phosphoric acid groups is 1. The Bertz CT molecular complexity index is 489. The molecular weight excluding hydrogens is 295 g/mol. The molecule has 1 rings (SSSR count). The van der Waals surface area contributed by atoms with Gasteiger partial charge in [-0.05, 0) is 6.08 Å². The topological polar surface area (TPSA) is 151 Å². The Balaban J connectivity index is 2.77. The maximum absolute atomic E-state index is 10.9. The highest BCUT2D eigenvalue weighted by Crippen LogP contribution is 2.40. The zero-order valence-corrected chi connectivity index (χ0v) is 11.0. The van der Waals surface area contributed by atoms with Gasteiger partial charge >= 0.3 is 19.8 Å². The Morgan fingerprint density at radius 1 is 1.35 bits per heavy atom. The lowest BCUT2D eigenvalue weighted by Crippen LogP contribution is -2.27. The molecule has 0 saturated carbocycles. The van der Waals surface area contributed by atoms with Gasteiger partial charge in [-0.1, -0.05) is 0 Å². The third-order valence-corrected chi connectivity index (χ3v) is 2.90. The average Bonchev–Trinajstić information content (AvgIpc) is 2.25. The van der Waals surface area contributed by atoms with Crippen molar-refractivity contribution in [1.82, 2.24) is 0 Å². The Labute approximate surface area is 113 Å². The summed E-state index contributed by atoms with van der Waals surface area (Å²) in [6, 6.07) is 0. The van der Waals surface area contributed by atoms with Crippen LogP contribution in [0.4, 0.5) is 0 Å². The van der Waals surface area contributed by atoms with Crippen LogP contribution in [0, 0.1) is 0 Å². The lowest BCUT2D eigenvalue weighted by Gasteiger charge is -2.26. The zero-order chi connectivity index (χ0) is 15.3. The second kappa shape index (κ2) is 6.67. The van der Waals surface area contributed by atoms with Crippen molar-refractivity contribution in [2.75, 3.05) is 0 Å². The van der Waals surface area contributed by atoms with Gasteiger partial charge in [0.25, 0.3) is 0 Å². The van der Waals surface area contributed by atoms with E-state index in [1.807, 2.05) is 0 Å². The molecule has 112 valence electrons. The van der Waals surface area contributed by atoms with Crippen LogP contribution in [0.3, 0.4) is 0 Å². The average molecular weight is 308 g/mol. The Morgan fingerprint density at radius 2 is 2.00 bits per heavy atom. The Hall–Kier alpha value is -1.67. The smallest absolute Gasteiger partial charge is 0.470 e. The van der Waals surface area contributed by atoms with E-state index in [1.54, 1.807) is 0 Å². The minimum atomic E-state index is -4.76. The number of hydrogen-bond acceptors (Lipinski definition) is 5. The summed E-state index contributed by atoms with van der Waals surface area (Å²) in [6.45, 7) is 0. The lowest BCUT2D eigenvalue weighted by atomic mass is 9.95. The first kappa shape index (κ1) is 16.4. The van der Waals surface area contributed by atoms with E-state index in [1.165, 1.54) is 0 Å². The highest BCUT2D eigenvalue weighted by atomic mass is 31.2. The fraction of sp³-hybridized carbons (Fsp3) is 0.400. The van der Waals surface area contributed by atoms with Crippen LogP contribution in [-0.2, 0) is 23.4 Å². The molecule has 1 aliphatic carbocycles. The summed E-state index contributed by atoms with van der Waals surface area (Å²) >= 11 is 0. The van der Waals surface area contributed by atoms with Crippen LogP contribution in [0.5, 0.6) is 0 Å². The molecule has 9 nitrogen and oxygen atoms in total. The first-order valence-corrected chi connectivity index (χ1v) is 6.93. The van der Waals surface area contributed by atoms with Crippen LogP contribution >= 0.6 is 7.82 Å². The molecule has 2 unspecified atom stereocenters. The number of carbonyl (C=O) groups is 2. The van der Waals surface area contributed by atoms with E-state index in [-0.39, 0.29) is 18.4 Å². The maximum Gasteiger partial charge on any atom is 0.470 e. The molecule has 0 spiro atoms. The van der Waals surface area contributed by atoms with Crippen LogP contribution in [0.1, 0.15) is 12.8 Å². The van der Waals surface area contributed by atoms with Gasteiger partial charge < -0.3 is 24.7 Å². The summed E-state index contributed by atoms with van der Waals surface area (Å²) < 4.78 is 20.2. The molecule has 0 radical (unpaired) electrons. The predicted octanol–water partition coefficient (Wildman–Crippen LogP) is 0.253. The molecule has 0 aromatic heterocycles. The monoisotopic (exact) mass is 308 g/mol. The predicted molar refractivity (Wildman–Crippen MR) is 63.5 cm³/mol. The van der Waals surface area contributed by atoms with Crippen LogP contribution in [0.2, 0.25) is 0 Å². The quantitative estimate of drug-likeness (QED) is 0.307. The minimum Gasteiger partial charge on any atom is -0.497 e. The standard InChI is InChI=1S/C10H13O9P/c11-9(12)1-2-18-7-3-6(10(13)14)4-8(5-7)19-20(15,16)17/h1-2,4,7-8H,3,5H2,(H,11,12)(H,13,14)(H2,15,16,17). The molecule has 1 aliphatic rings. The van der Waals surface area contributed by atoms with Crippen molar-refractivity contribution in [1.29, 1.82) is 0 Å². The summed E-state index contributed by atoms with van der Waals surface area (Å²) in [6.07, 6.45) is 0.787. The summed E-state index contributed by atoms with van der Waals surface area (Å²) in [4.78, 5) is 38.6. The number of ether oxygens (including phenoxy) is 1. The van der Waals surface area contributed by atoms with Crippen LogP contribution in [0.25, 0.3) is 0 Å². The van der Waals surface area contributed by atoms with Gasteiger partial charge in [-0.3, -0.25) is 4.52 Å². The summed E-state index contributed by atoms with van der Waals surface area (Å²) in [5.41, 5.74) is -0.122. The molecule has 0 bridgehead atoms. The molecule has 0 heterocycles. The van der Waals surface area contributed by atoms with Crippen molar-refractivity contribution in [3.8, 4) is 0 Å². The van der Waals surface area contributed by atoms with Crippen molar-refractivity contribution in [3.63, 3.8) is 0 Å². The number of carboxylic acids is 2. The number of phosphoric ester groups is 1. The highest BCUT2D eigenvalue weighted by Gasteiger charge is 2.31. The maximum atomic E-state index is 10.9. The number of hydrogen-bond donors (Lipinski definition) is 4. The molecule has 0 aliphatic heterocycles. The number of carboxylic acid groups (broad SMARTS) is 2. The molecule has 0 fully saturated rings. The second-order valence-corrected chi connectivity index (χ2v) is 5.16. The van der Waals surface area contributed by atoms with Crippen molar-refractivity contribution in [2.45, 2.75) is 25.0 Å². The zero-order valence-electron chi connectivity index (χ0n) is 10.1. The van der Waals surface area contributed by atoms with Crippen LogP contribution in [0.15, 0.2) is 24.0 Å². The summed E-state index contributed by atoms with van der Waals surface area (Å²) in [5, 5.41) is 17.3. The molecule has 0 saturated heterocycles. The largest absolute Gasteiger partial charge is 0.497 e. The van der Waals surface area contributed by atoms with Gasteiger partial charge in [-0.2, -0.15) is 0 Å². The van der Waals surface area contributed by atoms with Crippen molar-refractivity contribution >= 4 is 19.8 Å². The van der Waals surface area contributed by atoms with E-state index >= 15 is 0 Å². The highest BCUT2D eigenvalue weighted by molar-refractivity contribution is 7.46. The van der Waals surface area contributed by atoms with Gasteiger partial charge in [0.15, 0.2) is 0 Å². The molecule has 4 N–H and O–H groups in total. The Morgan fingerprint density at radius 3 is 2.50 bits per heavy atom. The first-order chi connectivity index (χ1) is 9.17. The van der Waals surface area contributed by atoms with Crippen LogP contribution < -0.4 is 0 Å². The summed E-state index contributed by atoms with van der Waals surface area (Å²) in [7, 11) is -4.76. The molecule has 0 aromatic carbocycles. The van der Waals surface area contributed by atoms with E-state index < -0.39 is 32.0 Å². The van der Waals surface area contributed by atoms with Gasteiger partial charge in [-0.15, -0.1) is 0 Å². The van der Waals surface area contributed by atoms with Crippen molar-refractivity contribution in [2.24, 2.45) is 0 Å². The third-order valence-electron chi connectivity index (χ3n) is 2.36. The molecular formula is C10H13O9P. The molecule has 20 heavy (non-hydrogen) atoms. The number of aliphatic carboxylic acids is 2. The van der Waals surface area contributed by atoms with E-state index in [4.69, 9.17) is 24.7 Å². The van der Waals surface area contributed by atoms with Gasteiger partial charge in [0.05, 0.1) is 18.4 Å². The number of rotatable bonds is 6. The molecule has 0 aromatic rings. The summed E-state index contributed by atoms with van der Waals surface area (Å²) in [5.74, 6) is -2.50. The normalized spacial score (nSPS) is 23.4. The SMILES string of the molecule is O=C(O)C=COC1CC(C(=O)O)=CC(OP(=O)(O)O)C1. The van der Waals surface area contributed by atoms with Gasteiger partial charge in [0, 0.05) is 18.4 Å². The van der Waals surface area contributed by atoms with Crippen molar-refractivity contribution < 1.29 is 43.4 Å². The first-order valence-electron chi connectivity index (χ1n) is 5.40.